The van der Waals surface area contributed by atoms with E-state index in [-0.39, 0.29) is 37.0 Å². The van der Waals surface area contributed by atoms with Gasteiger partial charge in [-0.05, 0) is 36.4 Å². The largest absolute Gasteiger partial charge is 0.477 e. The van der Waals surface area contributed by atoms with Crippen molar-refractivity contribution >= 4 is 17.5 Å². The molecule has 30 heavy (non-hydrogen) atoms. The summed E-state index contributed by atoms with van der Waals surface area (Å²) in [5, 5.41) is 6.43. The first-order valence-electron chi connectivity index (χ1n) is 9.41. The van der Waals surface area contributed by atoms with Crippen LogP contribution >= 0.6 is 0 Å². The first-order chi connectivity index (χ1) is 14.5. The Hall–Kier alpha value is -3.75. The Labute approximate surface area is 171 Å². The number of benzene rings is 2. The number of aryl methyl sites for hydroxylation is 1. The highest BCUT2D eigenvalue weighted by Gasteiger charge is 2.33. The van der Waals surface area contributed by atoms with Crippen molar-refractivity contribution in [3.63, 3.8) is 0 Å². The van der Waals surface area contributed by atoms with Crippen molar-refractivity contribution in [1.82, 2.24) is 15.5 Å². The number of carbonyl (C=O) groups excluding carboxylic acids is 2. The normalized spacial score (nSPS) is 15.3. The number of aromatic nitrogens is 2. The third kappa shape index (κ3) is 4.00. The minimum Gasteiger partial charge on any atom is -0.477 e. The van der Waals surface area contributed by atoms with E-state index in [1.807, 2.05) is 0 Å². The Morgan fingerprint density at radius 3 is 2.73 bits per heavy atom. The van der Waals surface area contributed by atoms with Gasteiger partial charge in [-0.3, -0.25) is 9.59 Å². The fourth-order valence-electron chi connectivity index (χ4n) is 3.19. The van der Waals surface area contributed by atoms with Gasteiger partial charge in [0.15, 0.2) is 6.10 Å². The van der Waals surface area contributed by atoms with Gasteiger partial charge in [0.05, 0.1) is 12.2 Å². The molecule has 0 saturated heterocycles. The van der Waals surface area contributed by atoms with Crippen LogP contribution in [0.25, 0.3) is 11.4 Å². The van der Waals surface area contributed by atoms with Crippen LogP contribution in [0.5, 0.6) is 5.75 Å². The molecular formula is C21H19FN4O4. The van der Waals surface area contributed by atoms with Crippen LogP contribution in [0.15, 0.2) is 53.1 Å². The van der Waals surface area contributed by atoms with E-state index in [1.165, 1.54) is 24.1 Å². The number of anilines is 1. The number of nitrogens with one attached hydrogen (secondary N) is 1. The Bertz CT molecular complexity index is 1070. The number of rotatable bonds is 5. The van der Waals surface area contributed by atoms with Gasteiger partial charge in [0.2, 0.25) is 17.6 Å². The number of ether oxygens (including phenoxy) is 1. The molecule has 4 rings (SSSR count). The molecule has 2 heterocycles. The topological polar surface area (TPSA) is 97.6 Å². The zero-order valence-corrected chi connectivity index (χ0v) is 16.2. The summed E-state index contributed by atoms with van der Waals surface area (Å²) in [5.74, 6) is 0.251. The van der Waals surface area contributed by atoms with E-state index in [0.29, 0.717) is 28.7 Å². The van der Waals surface area contributed by atoms with Crippen molar-refractivity contribution in [2.24, 2.45) is 0 Å². The first-order valence-corrected chi connectivity index (χ1v) is 9.41. The average molecular weight is 410 g/mol. The summed E-state index contributed by atoms with van der Waals surface area (Å²) in [6.07, 6.45) is -0.445. The van der Waals surface area contributed by atoms with Gasteiger partial charge in [-0.1, -0.05) is 17.3 Å². The molecule has 0 saturated carbocycles. The lowest BCUT2D eigenvalue weighted by Crippen LogP contribution is -2.50. The predicted molar refractivity (Wildman–Crippen MR) is 105 cm³/mol. The molecule has 2 aromatic carbocycles. The smallest absolute Gasteiger partial charge is 0.262 e. The molecule has 0 spiro atoms. The number of para-hydroxylation sites is 2. The number of hydrogen-bond donors (Lipinski definition) is 1. The molecule has 9 heteroatoms. The van der Waals surface area contributed by atoms with Gasteiger partial charge in [0, 0.05) is 25.5 Å². The Morgan fingerprint density at radius 1 is 1.20 bits per heavy atom. The van der Waals surface area contributed by atoms with Gasteiger partial charge in [-0.15, -0.1) is 0 Å². The lowest BCUT2D eigenvalue weighted by atomic mass is 10.1. The molecule has 0 unspecified atom stereocenters. The molecule has 154 valence electrons. The number of likely N-dealkylation sites (N-methyl/N-ethyl adjacent to an activating group) is 1. The molecule has 1 N–H and O–H groups in total. The molecule has 1 aliphatic heterocycles. The van der Waals surface area contributed by atoms with Gasteiger partial charge in [0.1, 0.15) is 11.6 Å². The standard InChI is InChI=1S/C21H19FN4O4/c1-23-21(28)17-12-26(15-4-2-3-5-16(15)29-17)19(27)11-10-18-24-20(25-30-18)13-6-8-14(22)9-7-13/h2-9,17H,10-12H2,1H3,(H,23,28)/t17-/m1/s1. The van der Waals surface area contributed by atoms with Crippen molar-refractivity contribution < 1.29 is 23.2 Å². The molecule has 1 aliphatic rings. The van der Waals surface area contributed by atoms with E-state index >= 15 is 0 Å². The van der Waals surface area contributed by atoms with Crippen molar-refractivity contribution in [3.05, 3.63) is 60.2 Å². The third-order valence-electron chi connectivity index (χ3n) is 4.74. The first kappa shape index (κ1) is 19.6. The summed E-state index contributed by atoms with van der Waals surface area (Å²) in [4.78, 5) is 30.8. The lowest BCUT2D eigenvalue weighted by Gasteiger charge is -2.34. The number of carbonyl (C=O) groups is 2. The zero-order chi connectivity index (χ0) is 21.1. The van der Waals surface area contributed by atoms with Crippen molar-refractivity contribution in [2.45, 2.75) is 18.9 Å². The minimum absolute atomic E-state index is 0.111. The van der Waals surface area contributed by atoms with Crippen molar-refractivity contribution in [3.8, 4) is 17.1 Å². The number of fused-ring (bicyclic) bond motifs is 1. The molecule has 1 atom stereocenters. The third-order valence-corrected chi connectivity index (χ3v) is 4.74. The van der Waals surface area contributed by atoms with Crippen LogP contribution in [0.4, 0.5) is 10.1 Å². The van der Waals surface area contributed by atoms with Gasteiger partial charge in [-0.25, -0.2) is 4.39 Å². The molecule has 8 nitrogen and oxygen atoms in total. The second-order valence-electron chi connectivity index (χ2n) is 6.71. The van der Waals surface area contributed by atoms with Crippen LogP contribution < -0.4 is 15.0 Å². The van der Waals surface area contributed by atoms with Gasteiger partial charge >= 0.3 is 0 Å². The summed E-state index contributed by atoms with van der Waals surface area (Å²) in [6, 6.07) is 12.8. The maximum absolute atomic E-state index is 13.1. The van der Waals surface area contributed by atoms with Crippen LogP contribution in [-0.2, 0) is 16.0 Å². The van der Waals surface area contributed by atoms with Crippen LogP contribution in [0.3, 0.4) is 0 Å². The van der Waals surface area contributed by atoms with Crippen LogP contribution in [0.2, 0.25) is 0 Å². The average Bonchev–Trinajstić information content (AvgIpc) is 3.25. The van der Waals surface area contributed by atoms with E-state index in [2.05, 4.69) is 15.5 Å². The molecule has 0 fully saturated rings. The molecule has 0 aliphatic carbocycles. The van der Waals surface area contributed by atoms with Gasteiger partial charge < -0.3 is 19.5 Å². The number of amides is 2. The van der Waals surface area contributed by atoms with Crippen LogP contribution in [0.1, 0.15) is 12.3 Å². The minimum atomic E-state index is -0.790. The SMILES string of the molecule is CNC(=O)[C@H]1CN(C(=O)CCc2nc(-c3ccc(F)cc3)no2)c2ccccc2O1. The summed E-state index contributed by atoms with van der Waals surface area (Å²) >= 11 is 0. The molecular weight excluding hydrogens is 391 g/mol. The second-order valence-corrected chi connectivity index (χ2v) is 6.71. The number of halogens is 1. The molecule has 0 radical (unpaired) electrons. The van der Waals surface area contributed by atoms with Crippen molar-refractivity contribution in [2.75, 3.05) is 18.5 Å². The highest BCUT2D eigenvalue weighted by molar-refractivity contribution is 5.97. The number of nitrogens with zero attached hydrogens (tertiary/aromatic N) is 3. The monoisotopic (exact) mass is 410 g/mol. The quantitative estimate of drug-likeness (QED) is 0.694. The molecule has 0 bridgehead atoms. The van der Waals surface area contributed by atoms with Crippen molar-refractivity contribution in [1.29, 1.82) is 0 Å². The fourth-order valence-corrected chi connectivity index (χ4v) is 3.19. The Balaban J connectivity index is 1.46. The molecule has 2 amide bonds. The van der Waals surface area contributed by atoms with Gasteiger partial charge in [-0.2, -0.15) is 4.98 Å². The maximum Gasteiger partial charge on any atom is 0.262 e. The van der Waals surface area contributed by atoms with Crippen LogP contribution in [0, 0.1) is 5.82 Å². The molecule has 3 aromatic rings. The number of hydrogen-bond acceptors (Lipinski definition) is 6. The van der Waals surface area contributed by atoms with E-state index < -0.39 is 6.10 Å². The van der Waals surface area contributed by atoms with E-state index in [4.69, 9.17) is 9.26 Å². The summed E-state index contributed by atoms with van der Waals surface area (Å²) in [7, 11) is 1.52. The summed E-state index contributed by atoms with van der Waals surface area (Å²) in [6.45, 7) is 0.111. The van der Waals surface area contributed by atoms with Crippen LogP contribution in [-0.4, -0.2) is 41.7 Å². The maximum atomic E-state index is 13.1. The van der Waals surface area contributed by atoms with Gasteiger partial charge in [0.25, 0.3) is 5.91 Å². The zero-order valence-electron chi connectivity index (χ0n) is 16.2. The summed E-state index contributed by atoms with van der Waals surface area (Å²) < 4.78 is 24.0. The van der Waals surface area contributed by atoms with E-state index in [9.17, 15) is 14.0 Å². The molecule has 1 aromatic heterocycles. The highest BCUT2D eigenvalue weighted by atomic mass is 19.1. The fraction of sp³-hybridized carbons (Fsp3) is 0.238. The van der Waals surface area contributed by atoms with E-state index in [0.717, 1.165) is 0 Å². The summed E-state index contributed by atoms with van der Waals surface area (Å²) in [5.41, 5.74) is 1.23. The predicted octanol–water partition coefficient (Wildman–Crippen LogP) is 2.35. The Morgan fingerprint density at radius 2 is 1.97 bits per heavy atom. The second kappa shape index (κ2) is 8.32. The Kier molecular flexibility index (Phi) is 5.42. The highest BCUT2D eigenvalue weighted by Crippen LogP contribution is 2.33. The van der Waals surface area contributed by atoms with E-state index in [1.54, 1.807) is 36.4 Å². The lowest BCUT2D eigenvalue weighted by molar-refractivity contribution is -0.127.